The van der Waals surface area contributed by atoms with Gasteiger partial charge in [0.2, 0.25) is 10.2 Å². The van der Waals surface area contributed by atoms with Gasteiger partial charge < -0.3 is 0 Å². The van der Waals surface area contributed by atoms with Crippen molar-refractivity contribution in [2.24, 2.45) is 9.98 Å². The Labute approximate surface area is 76.9 Å². The Morgan fingerprint density at radius 1 is 1.00 bits per heavy atom. The molecule has 0 aliphatic carbocycles. The minimum atomic E-state index is -0.575. The second kappa shape index (κ2) is 3.02. The van der Waals surface area contributed by atoms with Gasteiger partial charge in [0, 0.05) is 0 Å². The van der Waals surface area contributed by atoms with Crippen LogP contribution in [0.5, 0.6) is 0 Å². The van der Waals surface area contributed by atoms with Crippen LogP contribution >= 0.6 is 23.5 Å². The molecule has 12 heavy (non-hydrogen) atoms. The topological polar surface area (TPSA) is 58.9 Å². The molecule has 2 rings (SSSR count). The first-order chi connectivity index (χ1) is 5.79. The van der Waals surface area contributed by atoms with Crippen LogP contribution in [-0.4, -0.2) is 33.4 Å². The van der Waals surface area contributed by atoms with E-state index in [0.29, 0.717) is 0 Å². The maximum Gasteiger partial charge on any atom is 0.221 e. The quantitative estimate of drug-likeness (QED) is 0.612. The lowest BCUT2D eigenvalue weighted by molar-refractivity contribution is -0.117. The molecule has 2 unspecified atom stereocenters. The number of nitrogens with zero attached hydrogens (tertiary/aromatic N) is 2. The molecule has 6 heteroatoms. The molecule has 0 fully saturated rings. The molecule has 0 amide bonds. The highest BCUT2D eigenvalue weighted by atomic mass is 32.2. The highest BCUT2D eigenvalue weighted by Gasteiger charge is 2.37. The summed E-state index contributed by atoms with van der Waals surface area (Å²) in [4.78, 5) is 30.0. The third kappa shape index (κ3) is 1.21. The fourth-order valence-corrected chi connectivity index (χ4v) is 2.23. The fraction of sp³-hybridized carbons (Fsp3) is 0.333. The van der Waals surface area contributed by atoms with E-state index in [-0.39, 0.29) is 10.2 Å². The standard InChI is InChI=1S/C6H4N2O2S2/c9-5-3(7-1-11-5)4-6(10)12-2-8-4/h1-4H. The van der Waals surface area contributed by atoms with Crippen molar-refractivity contribution in [2.75, 3.05) is 0 Å². The summed E-state index contributed by atoms with van der Waals surface area (Å²) in [5.41, 5.74) is 2.94. The number of thioether (sulfide) groups is 2. The minimum absolute atomic E-state index is 0.0898. The van der Waals surface area contributed by atoms with Crippen LogP contribution in [0.2, 0.25) is 0 Å². The maximum absolute atomic E-state index is 11.1. The van der Waals surface area contributed by atoms with Gasteiger partial charge in [-0.2, -0.15) is 0 Å². The van der Waals surface area contributed by atoms with Crippen molar-refractivity contribution in [2.45, 2.75) is 12.1 Å². The molecule has 2 aliphatic rings. The molecule has 2 atom stereocenters. The smallest absolute Gasteiger partial charge is 0.221 e. The van der Waals surface area contributed by atoms with Crippen molar-refractivity contribution in [3.8, 4) is 0 Å². The lowest BCUT2D eigenvalue weighted by atomic mass is 10.2. The van der Waals surface area contributed by atoms with Gasteiger partial charge >= 0.3 is 0 Å². The highest BCUT2D eigenvalue weighted by Crippen LogP contribution is 2.25. The number of carbonyl (C=O) groups is 2. The van der Waals surface area contributed by atoms with E-state index in [9.17, 15) is 9.59 Å². The van der Waals surface area contributed by atoms with Gasteiger partial charge in [-0.15, -0.1) is 0 Å². The Morgan fingerprint density at radius 3 is 1.67 bits per heavy atom. The Hall–Kier alpha value is -0.620. The molecular weight excluding hydrogens is 196 g/mol. The molecule has 0 radical (unpaired) electrons. The first kappa shape index (κ1) is 8.00. The van der Waals surface area contributed by atoms with Crippen LogP contribution in [0.4, 0.5) is 0 Å². The van der Waals surface area contributed by atoms with E-state index in [1.54, 1.807) is 0 Å². The molecule has 0 spiro atoms. The van der Waals surface area contributed by atoms with E-state index >= 15 is 0 Å². The van der Waals surface area contributed by atoms with Gasteiger partial charge in [0.05, 0.1) is 11.1 Å². The summed E-state index contributed by atoms with van der Waals surface area (Å²) < 4.78 is 0. The van der Waals surface area contributed by atoms with Gasteiger partial charge in [0.15, 0.2) is 0 Å². The highest BCUT2D eigenvalue weighted by molar-refractivity contribution is 8.26. The van der Waals surface area contributed by atoms with E-state index < -0.39 is 12.1 Å². The second-order valence-electron chi connectivity index (χ2n) is 2.27. The summed E-state index contributed by atoms with van der Waals surface area (Å²) in [5.74, 6) is 0. The van der Waals surface area contributed by atoms with Crippen molar-refractivity contribution < 1.29 is 9.59 Å². The monoisotopic (exact) mass is 200 g/mol. The number of aliphatic imine (C=N–C) groups is 2. The van der Waals surface area contributed by atoms with Gasteiger partial charge in [-0.05, 0) is 23.5 Å². The summed E-state index contributed by atoms with van der Waals surface area (Å²) in [6.45, 7) is 0. The Balaban J connectivity index is 2.18. The summed E-state index contributed by atoms with van der Waals surface area (Å²) >= 11 is 2.06. The molecule has 4 nitrogen and oxygen atoms in total. The zero-order valence-electron chi connectivity index (χ0n) is 5.84. The summed E-state index contributed by atoms with van der Waals surface area (Å²) in [6, 6.07) is -1.15. The van der Waals surface area contributed by atoms with E-state index in [0.717, 1.165) is 23.5 Å². The second-order valence-corrected chi connectivity index (χ2v) is 3.97. The average Bonchev–Trinajstić information content (AvgIpc) is 2.59. The van der Waals surface area contributed by atoms with Crippen molar-refractivity contribution in [3.63, 3.8) is 0 Å². The number of carbonyl (C=O) groups excluding carboxylic acids is 2. The van der Waals surface area contributed by atoms with Crippen LogP contribution in [0.3, 0.4) is 0 Å². The normalized spacial score (nSPS) is 33.7. The summed E-state index contributed by atoms with van der Waals surface area (Å²) in [5, 5.41) is -0.180. The van der Waals surface area contributed by atoms with Crippen molar-refractivity contribution in [1.29, 1.82) is 0 Å². The molecule has 0 aromatic heterocycles. The maximum atomic E-state index is 11.1. The van der Waals surface area contributed by atoms with Crippen LogP contribution < -0.4 is 0 Å². The zero-order valence-corrected chi connectivity index (χ0v) is 7.47. The van der Waals surface area contributed by atoms with Crippen LogP contribution in [0.15, 0.2) is 9.98 Å². The average molecular weight is 200 g/mol. The van der Waals surface area contributed by atoms with Gasteiger partial charge in [0.25, 0.3) is 0 Å². The molecule has 0 aromatic rings. The van der Waals surface area contributed by atoms with Gasteiger partial charge in [-0.25, -0.2) is 0 Å². The van der Waals surface area contributed by atoms with Gasteiger partial charge in [0.1, 0.15) is 12.1 Å². The van der Waals surface area contributed by atoms with Crippen molar-refractivity contribution >= 4 is 44.8 Å². The third-order valence-corrected chi connectivity index (χ3v) is 2.96. The predicted octanol–water partition coefficient (Wildman–Crippen LogP) is 0.327. The Bertz CT molecular complexity index is 270. The zero-order chi connectivity index (χ0) is 8.55. The van der Waals surface area contributed by atoms with E-state index in [1.807, 2.05) is 0 Å². The first-order valence-corrected chi connectivity index (χ1v) is 4.99. The number of hydrogen-bond donors (Lipinski definition) is 0. The number of hydrogen-bond acceptors (Lipinski definition) is 6. The van der Waals surface area contributed by atoms with Crippen molar-refractivity contribution in [1.82, 2.24) is 0 Å². The van der Waals surface area contributed by atoms with E-state index in [4.69, 9.17) is 0 Å². The van der Waals surface area contributed by atoms with Crippen LogP contribution in [0.1, 0.15) is 0 Å². The Kier molecular flexibility index (Phi) is 2.02. The first-order valence-electron chi connectivity index (χ1n) is 3.23. The SMILES string of the molecule is O=C1SC=NC1C1N=CSC1=O. The van der Waals surface area contributed by atoms with E-state index in [2.05, 4.69) is 9.98 Å². The van der Waals surface area contributed by atoms with E-state index in [1.165, 1.54) is 11.1 Å². The molecular formula is C6H4N2O2S2. The molecule has 62 valence electrons. The minimum Gasteiger partial charge on any atom is -0.284 e. The van der Waals surface area contributed by atoms with Crippen LogP contribution in [-0.2, 0) is 9.59 Å². The predicted molar refractivity (Wildman–Crippen MR) is 49.8 cm³/mol. The summed E-state index contributed by atoms with van der Waals surface area (Å²) in [7, 11) is 0. The van der Waals surface area contributed by atoms with Gasteiger partial charge in [-0.3, -0.25) is 19.6 Å². The molecule has 0 bridgehead atoms. The molecule has 0 aromatic carbocycles. The van der Waals surface area contributed by atoms with Gasteiger partial charge in [-0.1, -0.05) is 0 Å². The Morgan fingerprint density at radius 2 is 1.42 bits per heavy atom. The fourth-order valence-electron chi connectivity index (χ4n) is 0.978. The lowest BCUT2D eigenvalue weighted by Gasteiger charge is -2.07. The molecule has 0 N–H and O–H groups in total. The molecule has 2 heterocycles. The third-order valence-electron chi connectivity index (χ3n) is 1.56. The molecule has 0 saturated heterocycles. The molecule has 0 saturated carbocycles. The number of rotatable bonds is 1. The largest absolute Gasteiger partial charge is 0.284 e. The van der Waals surface area contributed by atoms with Crippen molar-refractivity contribution in [3.05, 3.63) is 0 Å². The lowest BCUT2D eigenvalue weighted by Crippen LogP contribution is -2.30. The summed E-state index contributed by atoms with van der Waals surface area (Å²) in [6.07, 6.45) is 0. The molecule has 2 aliphatic heterocycles. The van der Waals surface area contributed by atoms with Crippen LogP contribution in [0, 0.1) is 0 Å². The van der Waals surface area contributed by atoms with Crippen LogP contribution in [0.25, 0.3) is 0 Å².